The molecule has 4 aliphatic carbocycles. The van der Waals surface area contributed by atoms with Gasteiger partial charge in [0.25, 0.3) is 5.91 Å². The SMILES string of the molecule is Cc1cccc(NC(=O)[C@H](CC(C)C)NC(=O)c2ccc(C34CC5CC(CC(C5)C3)C4)cc2)n1. The number of aromatic nitrogens is 1. The highest BCUT2D eigenvalue weighted by atomic mass is 16.2. The fourth-order valence-corrected chi connectivity index (χ4v) is 7.21. The maximum Gasteiger partial charge on any atom is 0.251 e. The van der Waals surface area contributed by atoms with Crippen LogP contribution in [0.1, 0.15) is 80.4 Å². The van der Waals surface area contributed by atoms with E-state index < -0.39 is 6.04 Å². The van der Waals surface area contributed by atoms with Crippen molar-refractivity contribution in [1.29, 1.82) is 0 Å². The zero-order valence-corrected chi connectivity index (χ0v) is 20.6. The Kier molecular flexibility index (Phi) is 6.22. The van der Waals surface area contributed by atoms with E-state index in [9.17, 15) is 9.59 Å². The maximum absolute atomic E-state index is 13.1. The van der Waals surface area contributed by atoms with Crippen molar-refractivity contribution in [3.05, 3.63) is 59.3 Å². The molecule has 1 atom stereocenters. The fourth-order valence-electron chi connectivity index (χ4n) is 7.21. The maximum atomic E-state index is 13.1. The zero-order chi connectivity index (χ0) is 23.9. The summed E-state index contributed by atoms with van der Waals surface area (Å²) in [5.41, 5.74) is 3.18. The van der Waals surface area contributed by atoms with Gasteiger partial charge >= 0.3 is 0 Å². The van der Waals surface area contributed by atoms with Crippen LogP contribution in [0.4, 0.5) is 5.82 Å². The van der Waals surface area contributed by atoms with E-state index in [1.54, 1.807) is 6.07 Å². The Labute approximate surface area is 203 Å². The Morgan fingerprint density at radius 2 is 1.59 bits per heavy atom. The van der Waals surface area contributed by atoms with Gasteiger partial charge in [0, 0.05) is 11.3 Å². The van der Waals surface area contributed by atoms with E-state index in [0.29, 0.717) is 23.2 Å². The molecule has 2 N–H and O–H groups in total. The van der Waals surface area contributed by atoms with Crippen LogP contribution >= 0.6 is 0 Å². The van der Waals surface area contributed by atoms with Crippen LogP contribution < -0.4 is 10.6 Å². The second-order valence-electron chi connectivity index (χ2n) is 11.6. The van der Waals surface area contributed by atoms with Crippen LogP contribution in [-0.4, -0.2) is 22.8 Å². The zero-order valence-electron chi connectivity index (χ0n) is 20.6. The van der Waals surface area contributed by atoms with Crippen LogP contribution in [0.15, 0.2) is 42.5 Å². The minimum absolute atomic E-state index is 0.199. The van der Waals surface area contributed by atoms with Crippen molar-refractivity contribution in [3.8, 4) is 0 Å². The molecule has 0 unspecified atom stereocenters. The number of hydrogen-bond acceptors (Lipinski definition) is 3. The molecule has 1 aromatic carbocycles. The lowest BCUT2D eigenvalue weighted by atomic mass is 9.48. The van der Waals surface area contributed by atoms with Crippen LogP contribution in [0, 0.1) is 30.6 Å². The van der Waals surface area contributed by atoms with Gasteiger partial charge in [-0.05, 0) is 111 Å². The van der Waals surface area contributed by atoms with Crippen LogP contribution in [-0.2, 0) is 10.2 Å². The van der Waals surface area contributed by atoms with E-state index in [1.165, 1.54) is 44.1 Å². The molecule has 1 heterocycles. The lowest BCUT2D eigenvalue weighted by molar-refractivity contribution is -0.118. The van der Waals surface area contributed by atoms with Crippen LogP contribution in [0.3, 0.4) is 0 Å². The number of hydrogen-bond donors (Lipinski definition) is 2. The molecule has 5 heteroatoms. The van der Waals surface area contributed by atoms with Crippen molar-refractivity contribution in [1.82, 2.24) is 10.3 Å². The molecule has 0 radical (unpaired) electrons. The summed E-state index contributed by atoms with van der Waals surface area (Å²) in [6.45, 7) is 5.99. The Morgan fingerprint density at radius 3 is 2.15 bits per heavy atom. The van der Waals surface area contributed by atoms with Crippen LogP contribution in [0.2, 0.25) is 0 Å². The standard InChI is InChI=1S/C29H37N3O2/c1-18(2)11-25(28(34)32-26-6-4-5-19(3)30-26)31-27(33)23-7-9-24(10-8-23)29-15-20-12-21(16-29)14-22(13-20)17-29/h4-10,18,20-22,25H,11-17H2,1-3H3,(H,31,33)(H,30,32,34)/t20?,21?,22?,25-,29?/m0/s1. The van der Waals surface area contributed by atoms with E-state index >= 15 is 0 Å². The monoisotopic (exact) mass is 459 g/mol. The number of nitrogens with one attached hydrogen (secondary N) is 2. The molecule has 2 aromatic rings. The van der Waals surface area contributed by atoms with Gasteiger partial charge in [-0.15, -0.1) is 0 Å². The fraction of sp³-hybridized carbons (Fsp3) is 0.552. The summed E-state index contributed by atoms with van der Waals surface area (Å²) < 4.78 is 0. The number of benzene rings is 1. The summed E-state index contributed by atoms with van der Waals surface area (Å²) in [5, 5.41) is 5.84. The number of carbonyl (C=O) groups is 2. The molecule has 0 aliphatic heterocycles. The van der Waals surface area contributed by atoms with Gasteiger partial charge in [0.15, 0.2) is 0 Å². The van der Waals surface area contributed by atoms with Gasteiger partial charge in [-0.1, -0.05) is 32.0 Å². The third-order valence-corrected chi connectivity index (χ3v) is 8.27. The van der Waals surface area contributed by atoms with Gasteiger partial charge < -0.3 is 10.6 Å². The van der Waals surface area contributed by atoms with E-state index in [0.717, 1.165) is 23.4 Å². The van der Waals surface area contributed by atoms with E-state index in [4.69, 9.17) is 0 Å². The summed E-state index contributed by atoms with van der Waals surface area (Å²) in [6, 6.07) is 13.2. The van der Waals surface area contributed by atoms with Gasteiger partial charge in [-0.2, -0.15) is 0 Å². The minimum atomic E-state index is -0.613. The topological polar surface area (TPSA) is 71.1 Å². The van der Waals surface area contributed by atoms with Gasteiger partial charge in [-0.25, -0.2) is 4.98 Å². The smallest absolute Gasteiger partial charge is 0.251 e. The molecular weight excluding hydrogens is 422 g/mol. The molecule has 4 fully saturated rings. The molecule has 1 aromatic heterocycles. The molecule has 6 rings (SSSR count). The van der Waals surface area contributed by atoms with Crippen LogP contribution in [0.5, 0.6) is 0 Å². The molecule has 2 amide bonds. The van der Waals surface area contributed by atoms with E-state index in [1.807, 2.05) is 31.2 Å². The highest BCUT2D eigenvalue weighted by molar-refractivity contribution is 6.00. The normalized spacial score (nSPS) is 28.1. The Morgan fingerprint density at radius 1 is 0.971 bits per heavy atom. The number of nitrogens with zero attached hydrogens (tertiary/aromatic N) is 1. The van der Waals surface area contributed by atoms with Crippen molar-refractivity contribution in [3.63, 3.8) is 0 Å². The second kappa shape index (κ2) is 9.16. The molecular formula is C29H37N3O2. The van der Waals surface area contributed by atoms with Gasteiger partial charge in [-0.3, -0.25) is 9.59 Å². The average Bonchev–Trinajstić information content (AvgIpc) is 2.77. The predicted octanol–water partition coefficient (Wildman–Crippen LogP) is 5.64. The molecule has 4 saturated carbocycles. The third-order valence-electron chi connectivity index (χ3n) is 8.27. The van der Waals surface area contributed by atoms with Crippen molar-refractivity contribution in [2.24, 2.45) is 23.7 Å². The number of amides is 2. The lowest BCUT2D eigenvalue weighted by Crippen LogP contribution is -2.48. The molecule has 0 spiro atoms. The molecule has 5 nitrogen and oxygen atoms in total. The number of rotatable bonds is 7. The van der Waals surface area contributed by atoms with Gasteiger partial charge in [0.05, 0.1) is 0 Å². The summed E-state index contributed by atoms with van der Waals surface area (Å²) in [4.78, 5) is 30.4. The summed E-state index contributed by atoms with van der Waals surface area (Å²) in [5.74, 6) is 3.03. The highest BCUT2D eigenvalue weighted by Gasteiger charge is 2.51. The minimum Gasteiger partial charge on any atom is -0.340 e. The highest BCUT2D eigenvalue weighted by Crippen LogP contribution is 2.60. The van der Waals surface area contributed by atoms with E-state index in [-0.39, 0.29) is 17.7 Å². The first kappa shape index (κ1) is 23.1. The largest absolute Gasteiger partial charge is 0.340 e. The quantitative estimate of drug-likeness (QED) is 0.563. The molecule has 0 saturated heterocycles. The molecule has 34 heavy (non-hydrogen) atoms. The Balaban J connectivity index is 1.27. The van der Waals surface area contributed by atoms with Crippen molar-refractivity contribution in [2.45, 2.75) is 77.2 Å². The Hall–Kier alpha value is -2.69. The summed E-state index contributed by atoms with van der Waals surface area (Å²) in [7, 11) is 0. The first-order valence-corrected chi connectivity index (χ1v) is 13.0. The first-order chi connectivity index (χ1) is 16.3. The van der Waals surface area contributed by atoms with Gasteiger partial charge in [0.1, 0.15) is 11.9 Å². The van der Waals surface area contributed by atoms with Crippen molar-refractivity contribution >= 4 is 17.6 Å². The van der Waals surface area contributed by atoms with Gasteiger partial charge in [0.2, 0.25) is 5.91 Å². The number of aryl methyl sites for hydroxylation is 1. The van der Waals surface area contributed by atoms with Crippen molar-refractivity contribution < 1.29 is 9.59 Å². The van der Waals surface area contributed by atoms with Crippen LogP contribution in [0.25, 0.3) is 0 Å². The first-order valence-electron chi connectivity index (χ1n) is 13.0. The predicted molar refractivity (Wildman–Crippen MR) is 135 cm³/mol. The number of anilines is 1. The Bertz CT molecular complexity index is 1020. The summed E-state index contributed by atoms with van der Waals surface area (Å²) in [6.07, 6.45) is 8.79. The lowest BCUT2D eigenvalue weighted by Gasteiger charge is -2.57. The third kappa shape index (κ3) is 4.75. The molecule has 180 valence electrons. The second-order valence-corrected chi connectivity index (χ2v) is 11.6. The number of pyridine rings is 1. The van der Waals surface area contributed by atoms with E-state index in [2.05, 4.69) is 41.6 Å². The number of carbonyl (C=O) groups excluding carboxylic acids is 2. The summed E-state index contributed by atoms with van der Waals surface area (Å²) >= 11 is 0. The molecule has 4 bridgehead atoms. The van der Waals surface area contributed by atoms with Crippen molar-refractivity contribution in [2.75, 3.05) is 5.32 Å². The molecule has 4 aliphatic rings. The average molecular weight is 460 g/mol.